The summed E-state index contributed by atoms with van der Waals surface area (Å²) in [5.41, 5.74) is 7.59. The summed E-state index contributed by atoms with van der Waals surface area (Å²) in [5, 5.41) is 2.74. The fraction of sp³-hybridized carbons (Fsp3) is 0.462. The van der Waals surface area contributed by atoms with Crippen LogP contribution in [-0.2, 0) is 4.79 Å². The van der Waals surface area contributed by atoms with E-state index in [4.69, 9.17) is 10.5 Å². The first-order chi connectivity index (χ1) is 8.11. The van der Waals surface area contributed by atoms with E-state index in [-0.39, 0.29) is 12.5 Å². The van der Waals surface area contributed by atoms with Crippen molar-refractivity contribution in [3.05, 3.63) is 29.3 Å². The molecule has 3 N–H and O–H groups in total. The second kappa shape index (κ2) is 6.91. The predicted octanol–water partition coefficient (Wildman–Crippen LogP) is 1.15. The van der Waals surface area contributed by atoms with E-state index in [1.54, 1.807) is 0 Å². The molecule has 0 aliphatic carbocycles. The number of hydrogen-bond donors (Lipinski definition) is 2. The fourth-order valence-electron chi connectivity index (χ4n) is 1.55. The van der Waals surface area contributed by atoms with E-state index in [0.29, 0.717) is 13.1 Å². The summed E-state index contributed by atoms with van der Waals surface area (Å²) in [4.78, 5) is 11.4. The van der Waals surface area contributed by atoms with Crippen LogP contribution in [0.2, 0.25) is 0 Å². The van der Waals surface area contributed by atoms with Crippen molar-refractivity contribution >= 4 is 5.91 Å². The lowest BCUT2D eigenvalue weighted by atomic mass is 10.1. The second-order valence-electron chi connectivity index (χ2n) is 4.10. The Hall–Kier alpha value is -1.55. The van der Waals surface area contributed by atoms with Crippen LogP contribution in [0.5, 0.6) is 5.75 Å². The molecule has 0 heterocycles. The molecule has 0 aliphatic rings. The summed E-state index contributed by atoms with van der Waals surface area (Å²) in [5.74, 6) is 0.620. The molecule has 1 aromatic carbocycles. The van der Waals surface area contributed by atoms with Gasteiger partial charge < -0.3 is 15.8 Å². The van der Waals surface area contributed by atoms with E-state index >= 15 is 0 Å². The third-order valence-electron chi connectivity index (χ3n) is 2.27. The van der Waals surface area contributed by atoms with Gasteiger partial charge in [-0.3, -0.25) is 4.79 Å². The molecule has 0 fully saturated rings. The van der Waals surface area contributed by atoms with Gasteiger partial charge in [0.2, 0.25) is 0 Å². The maximum absolute atomic E-state index is 11.4. The smallest absolute Gasteiger partial charge is 0.257 e. The highest BCUT2D eigenvalue weighted by molar-refractivity contribution is 5.77. The van der Waals surface area contributed by atoms with Crippen LogP contribution in [0.25, 0.3) is 0 Å². The van der Waals surface area contributed by atoms with Gasteiger partial charge in [0.15, 0.2) is 6.61 Å². The van der Waals surface area contributed by atoms with Gasteiger partial charge >= 0.3 is 0 Å². The number of carbonyl (C=O) groups excluding carboxylic acids is 1. The van der Waals surface area contributed by atoms with Gasteiger partial charge in [-0.15, -0.1) is 0 Å². The summed E-state index contributed by atoms with van der Waals surface area (Å²) in [7, 11) is 0. The predicted molar refractivity (Wildman–Crippen MR) is 68.1 cm³/mol. The van der Waals surface area contributed by atoms with Crippen LogP contribution in [-0.4, -0.2) is 25.6 Å². The van der Waals surface area contributed by atoms with E-state index < -0.39 is 0 Å². The van der Waals surface area contributed by atoms with Crippen LogP contribution in [0.1, 0.15) is 17.5 Å². The third-order valence-corrected chi connectivity index (χ3v) is 2.27. The van der Waals surface area contributed by atoms with Crippen molar-refractivity contribution < 1.29 is 9.53 Å². The summed E-state index contributed by atoms with van der Waals surface area (Å²) in [6.45, 7) is 5.24. The van der Waals surface area contributed by atoms with E-state index in [1.165, 1.54) is 0 Å². The highest BCUT2D eigenvalue weighted by Gasteiger charge is 2.02. The molecule has 0 atom stereocenters. The molecule has 0 spiro atoms. The molecule has 0 unspecified atom stereocenters. The molecule has 94 valence electrons. The van der Waals surface area contributed by atoms with Crippen LogP contribution in [0.4, 0.5) is 0 Å². The Morgan fingerprint density at radius 1 is 1.29 bits per heavy atom. The van der Waals surface area contributed by atoms with E-state index in [9.17, 15) is 4.79 Å². The zero-order chi connectivity index (χ0) is 12.7. The first-order valence-corrected chi connectivity index (χ1v) is 5.79. The Morgan fingerprint density at radius 3 is 2.53 bits per heavy atom. The lowest BCUT2D eigenvalue weighted by molar-refractivity contribution is -0.123. The Morgan fingerprint density at radius 2 is 1.94 bits per heavy atom. The molecule has 0 aliphatic heterocycles. The van der Waals surface area contributed by atoms with Gasteiger partial charge in [-0.05, 0) is 50.1 Å². The minimum absolute atomic E-state index is 0.0491. The number of aryl methyl sites for hydroxylation is 2. The monoisotopic (exact) mass is 236 g/mol. The number of amides is 1. The molecule has 0 saturated carbocycles. The Bertz CT molecular complexity index is 357. The lowest BCUT2D eigenvalue weighted by Crippen LogP contribution is -2.30. The maximum atomic E-state index is 11.4. The average Bonchev–Trinajstić information content (AvgIpc) is 2.25. The van der Waals surface area contributed by atoms with Crippen molar-refractivity contribution in [3.63, 3.8) is 0 Å². The molecule has 1 aromatic rings. The van der Waals surface area contributed by atoms with Crippen molar-refractivity contribution in [1.29, 1.82) is 0 Å². The van der Waals surface area contributed by atoms with E-state index in [2.05, 4.69) is 11.4 Å². The summed E-state index contributed by atoms with van der Waals surface area (Å²) >= 11 is 0. The van der Waals surface area contributed by atoms with Crippen LogP contribution < -0.4 is 15.8 Å². The van der Waals surface area contributed by atoms with E-state index in [1.807, 2.05) is 26.0 Å². The van der Waals surface area contributed by atoms with Crippen molar-refractivity contribution in [2.45, 2.75) is 20.3 Å². The highest BCUT2D eigenvalue weighted by Crippen LogP contribution is 2.15. The van der Waals surface area contributed by atoms with Crippen LogP contribution in [0.3, 0.4) is 0 Å². The largest absolute Gasteiger partial charge is 0.484 e. The van der Waals surface area contributed by atoms with Gasteiger partial charge in [-0.1, -0.05) is 6.07 Å². The first-order valence-electron chi connectivity index (χ1n) is 5.79. The topological polar surface area (TPSA) is 64.3 Å². The summed E-state index contributed by atoms with van der Waals surface area (Å²) < 4.78 is 5.42. The van der Waals surface area contributed by atoms with Crippen molar-refractivity contribution in [3.8, 4) is 5.75 Å². The molecule has 17 heavy (non-hydrogen) atoms. The maximum Gasteiger partial charge on any atom is 0.257 e. The summed E-state index contributed by atoms with van der Waals surface area (Å²) in [6, 6.07) is 5.90. The Kier molecular flexibility index (Phi) is 5.49. The van der Waals surface area contributed by atoms with E-state index in [0.717, 1.165) is 23.3 Å². The minimum atomic E-state index is -0.113. The molecular weight excluding hydrogens is 216 g/mol. The van der Waals surface area contributed by atoms with Crippen LogP contribution in [0.15, 0.2) is 18.2 Å². The van der Waals surface area contributed by atoms with Gasteiger partial charge in [0.1, 0.15) is 5.75 Å². The number of ether oxygens (including phenoxy) is 1. The second-order valence-corrected chi connectivity index (χ2v) is 4.10. The fourth-order valence-corrected chi connectivity index (χ4v) is 1.55. The lowest BCUT2D eigenvalue weighted by Gasteiger charge is -2.08. The SMILES string of the molecule is Cc1cc(C)cc(OCC(=O)NCCCN)c1. The average molecular weight is 236 g/mol. The number of hydrogen-bond acceptors (Lipinski definition) is 3. The molecule has 0 bridgehead atoms. The number of carbonyl (C=O) groups is 1. The Labute approximate surface area is 102 Å². The molecule has 1 rings (SSSR count). The zero-order valence-electron chi connectivity index (χ0n) is 10.5. The van der Waals surface area contributed by atoms with Gasteiger partial charge in [-0.25, -0.2) is 0 Å². The molecule has 0 saturated heterocycles. The van der Waals surface area contributed by atoms with Gasteiger partial charge in [0.25, 0.3) is 5.91 Å². The zero-order valence-corrected chi connectivity index (χ0v) is 10.5. The highest BCUT2D eigenvalue weighted by atomic mass is 16.5. The van der Waals surface area contributed by atoms with Gasteiger partial charge in [-0.2, -0.15) is 0 Å². The normalized spacial score (nSPS) is 10.1. The van der Waals surface area contributed by atoms with Crippen LogP contribution in [0, 0.1) is 13.8 Å². The third kappa shape index (κ3) is 5.36. The minimum Gasteiger partial charge on any atom is -0.484 e. The quantitative estimate of drug-likeness (QED) is 0.728. The number of benzene rings is 1. The Balaban J connectivity index is 2.36. The molecular formula is C13H20N2O2. The van der Waals surface area contributed by atoms with Gasteiger partial charge in [0, 0.05) is 6.54 Å². The molecule has 0 aromatic heterocycles. The summed E-state index contributed by atoms with van der Waals surface area (Å²) in [6.07, 6.45) is 0.787. The van der Waals surface area contributed by atoms with Crippen LogP contribution >= 0.6 is 0 Å². The van der Waals surface area contributed by atoms with Crippen molar-refractivity contribution in [2.24, 2.45) is 5.73 Å². The van der Waals surface area contributed by atoms with Crippen molar-refractivity contribution in [1.82, 2.24) is 5.32 Å². The number of nitrogens with two attached hydrogens (primary N) is 1. The molecule has 4 nitrogen and oxygen atoms in total. The number of rotatable bonds is 6. The van der Waals surface area contributed by atoms with Crippen molar-refractivity contribution in [2.75, 3.05) is 19.7 Å². The first kappa shape index (κ1) is 13.5. The number of nitrogens with one attached hydrogen (secondary N) is 1. The molecule has 4 heteroatoms. The molecule has 0 radical (unpaired) electrons. The standard InChI is InChI=1S/C13H20N2O2/c1-10-6-11(2)8-12(7-10)17-9-13(16)15-5-3-4-14/h6-8H,3-5,9,14H2,1-2H3,(H,15,16). The molecule has 1 amide bonds. The van der Waals surface area contributed by atoms with Gasteiger partial charge in [0.05, 0.1) is 0 Å².